The topological polar surface area (TPSA) is 56.7 Å². The summed E-state index contributed by atoms with van der Waals surface area (Å²) in [5.41, 5.74) is 13.0. The Morgan fingerprint density at radius 3 is 1.80 bits per heavy atom. The maximum atomic E-state index is 6.26. The number of nitrogens with zero attached hydrogens (tertiary/aromatic N) is 4. The second-order valence-corrected chi connectivity index (χ2v) is 17.9. The Balaban J connectivity index is 1.11. The van der Waals surface area contributed by atoms with Crippen molar-refractivity contribution in [2.45, 2.75) is 19.3 Å². The summed E-state index contributed by atoms with van der Waals surface area (Å²) in [6, 6.07) is 69.6. The number of hydrogen-bond acceptors (Lipinski definition) is 4. The molecule has 0 spiro atoms. The number of aromatic nitrogens is 4. The predicted molar refractivity (Wildman–Crippen MR) is 268 cm³/mol. The summed E-state index contributed by atoms with van der Waals surface area (Å²) >= 11 is 0. The molecule has 0 N–H and O–H groups in total. The van der Waals surface area contributed by atoms with Gasteiger partial charge in [0.25, 0.3) is 0 Å². The van der Waals surface area contributed by atoms with Gasteiger partial charge >= 0.3 is 0 Å². The number of hydrogen-bond donors (Lipinski definition) is 0. The van der Waals surface area contributed by atoms with Gasteiger partial charge in [0.05, 0.1) is 11.0 Å². The van der Waals surface area contributed by atoms with Crippen LogP contribution >= 0.6 is 0 Å². The van der Waals surface area contributed by atoms with Crippen molar-refractivity contribution in [2.24, 2.45) is 0 Å². The molecule has 3 heterocycles. The Hall–Kier alpha value is -8.41. The van der Waals surface area contributed by atoms with Crippen molar-refractivity contribution < 1.29 is 4.42 Å². The van der Waals surface area contributed by atoms with Crippen LogP contribution in [0.15, 0.2) is 199 Å². The van der Waals surface area contributed by atoms with Crippen molar-refractivity contribution in [1.82, 2.24) is 19.5 Å². The van der Waals surface area contributed by atoms with Crippen molar-refractivity contribution in [3.63, 3.8) is 0 Å². The summed E-state index contributed by atoms with van der Waals surface area (Å²) < 4.78 is 8.73. The summed E-state index contributed by atoms with van der Waals surface area (Å²) in [7, 11) is 0. The average Bonchev–Trinajstić information content (AvgIpc) is 3.98. The number of fused-ring (bicyclic) bond motifs is 15. The van der Waals surface area contributed by atoms with E-state index in [1.165, 1.54) is 54.7 Å². The van der Waals surface area contributed by atoms with Crippen molar-refractivity contribution in [3.05, 3.63) is 205 Å². The first-order valence-electron chi connectivity index (χ1n) is 22.3. The van der Waals surface area contributed by atoms with E-state index in [1.54, 1.807) is 0 Å². The quantitative estimate of drug-likeness (QED) is 0.166. The molecule has 0 radical (unpaired) electrons. The molecule has 3 aromatic heterocycles. The molecular formula is C60H38N4O. The Kier molecular flexibility index (Phi) is 7.39. The molecule has 1 aliphatic rings. The molecule has 0 unspecified atom stereocenters. The van der Waals surface area contributed by atoms with Crippen LogP contribution in [0.1, 0.15) is 25.0 Å². The molecule has 10 aromatic carbocycles. The van der Waals surface area contributed by atoms with Crippen LogP contribution in [-0.2, 0) is 5.41 Å². The SMILES string of the molecule is CC1(C)c2ccccc2-c2cc3c4ccccc4n(-c4cc(-c5nc(-c6ccccc6)nc(-c6ccc7oc8ccccc8c7c6)n5)c5c6ccccc6c6ccccc6c5c4)c3cc21. The highest BCUT2D eigenvalue weighted by atomic mass is 16.3. The minimum absolute atomic E-state index is 0.161. The highest BCUT2D eigenvalue weighted by molar-refractivity contribution is 6.29. The van der Waals surface area contributed by atoms with Gasteiger partial charge in [0.1, 0.15) is 11.2 Å². The first kappa shape index (κ1) is 36.1. The van der Waals surface area contributed by atoms with E-state index in [2.05, 4.69) is 176 Å². The van der Waals surface area contributed by atoms with E-state index in [0.29, 0.717) is 17.5 Å². The molecule has 0 aliphatic heterocycles. The zero-order valence-corrected chi connectivity index (χ0v) is 35.7. The molecule has 5 nitrogen and oxygen atoms in total. The summed E-state index contributed by atoms with van der Waals surface area (Å²) in [5.74, 6) is 1.82. The van der Waals surface area contributed by atoms with Crippen molar-refractivity contribution in [3.8, 4) is 51.0 Å². The van der Waals surface area contributed by atoms with Crippen molar-refractivity contribution >= 4 is 76.1 Å². The molecule has 304 valence electrons. The zero-order valence-electron chi connectivity index (χ0n) is 35.7. The van der Waals surface area contributed by atoms with Crippen molar-refractivity contribution in [2.75, 3.05) is 0 Å². The molecule has 0 saturated heterocycles. The highest BCUT2D eigenvalue weighted by Gasteiger charge is 2.36. The van der Waals surface area contributed by atoms with Crippen molar-refractivity contribution in [1.29, 1.82) is 0 Å². The van der Waals surface area contributed by atoms with Gasteiger partial charge in [0.2, 0.25) is 0 Å². The van der Waals surface area contributed by atoms with Gasteiger partial charge in [-0.15, -0.1) is 0 Å². The number of para-hydroxylation sites is 2. The van der Waals surface area contributed by atoms with Gasteiger partial charge in [0.15, 0.2) is 17.5 Å². The van der Waals surface area contributed by atoms with Crippen LogP contribution in [0.3, 0.4) is 0 Å². The fraction of sp³-hybridized carbons (Fsp3) is 0.0500. The van der Waals surface area contributed by atoms with Crippen LogP contribution in [-0.4, -0.2) is 19.5 Å². The minimum Gasteiger partial charge on any atom is -0.456 e. The lowest BCUT2D eigenvalue weighted by atomic mass is 9.82. The standard InChI is InChI=1S/C60H38N4O/c1-60(2)50-25-13-10-21-41(50)45-33-46-42-22-11-14-26-52(42)64(53(46)34-51(45)60)37-31-48-40-20-7-6-18-38(40)39-19-8-9-24-44(39)56(48)49(32-37)59-62-57(35-16-4-3-5-17-35)61-58(63-59)36-28-29-55-47(30-36)43-23-12-15-27-54(43)65-55/h3-34H,1-2H3. The molecule has 13 aromatic rings. The van der Waals surface area contributed by atoms with E-state index in [1.807, 2.05) is 36.4 Å². The molecule has 0 fully saturated rings. The Morgan fingerprint density at radius 2 is 0.985 bits per heavy atom. The molecule has 65 heavy (non-hydrogen) atoms. The third-order valence-electron chi connectivity index (χ3n) is 14.0. The maximum Gasteiger partial charge on any atom is 0.164 e. The first-order chi connectivity index (χ1) is 32.0. The van der Waals surface area contributed by atoms with E-state index in [0.717, 1.165) is 66.0 Å². The van der Waals surface area contributed by atoms with Gasteiger partial charge in [-0.1, -0.05) is 153 Å². The maximum absolute atomic E-state index is 6.26. The summed E-state index contributed by atoms with van der Waals surface area (Å²) in [6.45, 7) is 4.72. The summed E-state index contributed by atoms with van der Waals surface area (Å²) in [4.78, 5) is 16.1. The van der Waals surface area contributed by atoms with Gasteiger partial charge in [-0.05, 0) is 104 Å². The van der Waals surface area contributed by atoms with Gasteiger partial charge in [-0.2, -0.15) is 0 Å². The summed E-state index contributed by atoms with van der Waals surface area (Å²) in [6.07, 6.45) is 0. The van der Waals surface area contributed by atoms with Crippen LogP contribution in [0.25, 0.3) is 127 Å². The third-order valence-corrected chi connectivity index (χ3v) is 14.0. The van der Waals surface area contributed by atoms with E-state index in [4.69, 9.17) is 19.4 Å². The lowest BCUT2D eigenvalue weighted by Crippen LogP contribution is -2.15. The minimum atomic E-state index is -0.161. The normalized spacial score (nSPS) is 13.2. The molecule has 14 rings (SSSR count). The lowest BCUT2D eigenvalue weighted by molar-refractivity contribution is 0.661. The molecule has 1 aliphatic carbocycles. The highest BCUT2D eigenvalue weighted by Crippen LogP contribution is 2.51. The Labute approximate surface area is 373 Å². The van der Waals surface area contributed by atoms with Gasteiger partial charge < -0.3 is 8.98 Å². The van der Waals surface area contributed by atoms with Gasteiger partial charge in [-0.3, -0.25) is 0 Å². The summed E-state index contributed by atoms with van der Waals surface area (Å²) in [5, 5.41) is 11.5. The molecule has 0 atom stereocenters. The van der Waals surface area contributed by atoms with Gasteiger partial charge in [0, 0.05) is 54.7 Å². The van der Waals surface area contributed by atoms with Crippen LogP contribution in [0, 0.1) is 0 Å². The number of furan rings is 1. The molecular weight excluding hydrogens is 793 g/mol. The fourth-order valence-electron chi connectivity index (χ4n) is 11.0. The average molecular weight is 831 g/mol. The Morgan fingerprint density at radius 1 is 0.369 bits per heavy atom. The predicted octanol–water partition coefficient (Wildman–Crippen LogP) is 15.6. The monoisotopic (exact) mass is 830 g/mol. The van der Waals surface area contributed by atoms with Crippen LogP contribution < -0.4 is 0 Å². The van der Waals surface area contributed by atoms with E-state index >= 15 is 0 Å². The number of benzene rings is 10. The van der Waals surface area contributed by atoms with Crippen LogP contribution in [0.2, 0.25) is 0 Å². The molecule has 0 bridgehead atoms. The smallest absolute Gasteiger partial charge is 0.164 e. The third kappa shape index (κ3) is 5.18. The fourth-order valence-corrected chi connectivity index (χ4v) is 11.0. The molecule has 5 heteroatoms. The number of rotatable bonds is 4. The second kappa shape index (κ2) is 13.3. The largest absolute Gasteiger partial charge is 0.456 e. The van der Waals surface area contributed by atoms with Crippen LogP contribution in [0.5, 0.6) is 0 Å². The first-order valence-corrected chi connectivity index (χ1v) is 22.3. The zero-order chi connectivity index (χ0) is 43.0. The second-order valence-electron chi connectivity index (χ2n) is 17.9. The van der Waals surface area contributed by atoms with E-state index in [9.17, 15) is 0 Å². The van der Waals surface area contributed by atoms with E-state index < -0.39 is 0 Å². The van der Waals surface area contributed by atoms with Crippen LogP contribution in [0.4, 0.5) is 0 Å². The lowest BCUT2D eigenvalue weighted by Gasteiger charge is -2.22. The molecule has 0 amide bonds. The Bertz CT molecular complexity index is 4160. The van der Waals surface area contributed by atoms with Gasteiger partial charge in [-0.25, -0.2) is 15.0 Å². The molecule has 0 saturated carbocycles. The van der Waals surface area contributed by atoms with E-state index in [-0.39, 0.29) is 5.41 Å².